The molecular formula is C16H27NOS. The first kappa shape index (κ1) is 16.5. The Labute approximate surface area is 122 Å². The van der Waals surface area contributed by atoms with E-state index in [2.05, 4.69) is 64.2 Å². The molecule has 3 heteroatoms. The van der Waals surface area contributed by atoms with Gasteiger partial charge in [0.15, 0.2) is 0 Å². The van der Waals surface area contributed by atoms with Crippen LogP contribution in [0.4, 0.5) is 0 Å². The normalized spacial score (nSPS) is 13.8. The summed E-state index contributed by atoms with van der Waals surface area (Å²) in [7, 11) is 0. The fraction of sp³-hybridized carbons (Fsp3) is 0.625. The van der Waals surface area contributed by atoms with Crippen molar-refractivity contribution in [1.82, 2.24) is 5.32 Å². The molecule has 0 amide bonds. The van der Waals surface area contributed by atoms with Gasteiger partial charge in [-0.3, -0.25) is 0 Å². The van der Waals surface area contributed by atoms with Crippen LogP contribution >= 0.6 is 11.8 Å². The Kier molecular flexibility index (Phi) is 6.37. The second-order valence-corrected chi connectivity index (χ2v) is 7.38. The molecule has 19 heavy (non-hydrogen) atoms. The standard InChI is InChI=1S/C16H27NOS/c1-12(2)17-14(10-18)11-19-15-8-6-13(7-9-15)16(3,4)5/h6-9,12,14,17-18H,10-11H2,1-5H3. The molecule has 108 valence electrons. The number of rotatable bonds is 6. The summed E-state index contributed by atoms with van der Waals surface area (Å²) in [6.45, 7) is 11.1. The summed E-state index contributed by atoms with van der Waals surface area (Å²) in [5.41, 5.74) is 1.56. The maximum atomic E-state index is 9.33. The zero-order chi connectivity index (χ0) is 14.5. The first-order valence-corrected chi connectivity index (χ1v) is 7.91. The molecule has 2 N–H and O–H groups in total. The molecule has 0 saturated heterocycles. The zero-order valence-electron chi connectivity index (χ0n) is 12.7. The summed E-state index contributed by atoms with van der Waals surface area (Å²) >= 11 is 1.79. The molecule has 0 saturated carbocycles. The van der Waals surface area contributed by atoms with E-state index >= 15 is 0 Å². The molecule has 0 aliphatic heterocycles. The second-order valence-electron chi connectivity index (χ2n) is 6.29. The van der Waals surface area contributed by atoms with Crippen molar-refractivity contribution in [2.45, 2.75) is 57.0 Å². The molecule has 0 radical (unpaired) electrons. The number of aliphatic hydroxyl groups is 1. The van der Waals surface area contributed by atoms with E-state index in [0.29, 0.717) is 6.04 Å². The lowest BCUT2D eigenvalue weighted by molar-refractivity contribution is 0.247. The van der Waals surface area contributed by atoms with Crippen LogP contribution in [0.1, 0.15) is 40.2 Å². The van der Waals surface area contributed by atoms with E-state index in [1.807, 2.05) is 0 Å². The Morgan fingerprint density at radius 1 is 1.16 bits per heavy atom. The number of benzene rings is 1. The molecule has 0 fully saturated rings. The van der Waals surface area contributed by atoms with Gasteiger partial charge in [0.25, 0.3) is 0 Å². The average Bonchev–Trinajstić information content (AvgIpc) is 2.33. The van der Waals surface area contributed by atoms with Crippen molar-refractivity contribution in [3.63, 3.8) is 0 Å². The van der Waals surface area contributed by atoms with Crippen molar-refractivity contribution in [2.24, 2.45) is 0 Å². The number of nitrogens with one attached hydrogen (secondary N) is 1. The highest BCUT2D eigenvalue weighted by Crippen LogP contribution is 2.25. The lowest BCUT2D eigenvalue weighted by Gasteiger charge is -2.20. The summed E-state index contributed by atoms with van der Waals surface area (Å²) in [5.74, 6) is 0.892. The first-order chi connectivity index (χ1) is 8.82. The van der Waals surface area contributed by atoms with Gasteiger partial charge < -0.3 is 10.4 Å². The van der Waals surface area contributed by atoms with Crippen LogP contribution in [0.25, 0.3) is 0 Å². The van der Waals surface area contributed by atoms with Gasteiger partial charge in [0.05, 0.1) is 6.61 Å². The molecule has 0 aliphatic carbocycles. The van der Waals surface area contributed by atoms with Gasteiger partial charge in [-0.25, -0.2) is 0 Å². The van der Waals surface area contributed by atoms with Gasteiger partial charge in [-0.1, -0.05) is 46.8 Å². The third-order valence-corrected chi connectivity index (χ3v) is 4.14. The van der Waals surface area contributed by atoms with E-state index in [1.165, 1.54) is 10.5 Å². The minimum atomic E-state index is 0.160. The highest BCUT2D eigenvalue weighted by molar-refractivity contribution is 7.99. The van der Waals surface area contributed by atoms with Gasteiger partial charge in [0.2, 0.25) is 0 Å². The molecule has 1 atom stereocenters. The van der Waals surface area contributed by atoms with Crippen molar-refractivity contribution in [2.75, 3.05) is 12.4 Å². The highest BCUT2D eigenvalue weighted by Gasteiger charge is 2.13. The van der Waals surface area contributed by atoms with Crippen LogP contribution in [0.3, 0.4) is 0 Å². The van der Waals surface area contributed by atoms with Crippen molar-refractivity contribution in [3.05, 3.63) is 29.8 Å². The monoisotopic (exact) mass is 281 g/mol. The second kappa shape index (κ2) is 7.32. The largest absolute Gasteiger partial charge is 0.395 e. The zero-order valence-corrected chi connectivity index (χ0v) is 13.6. The SMILES string of the molecule is CC(C)NC(CO)CSc1ccc(C(C)(C)C)cc1. The van der Waals surface area contributed by atoms with Gasteiger partial charge in [-0.05, 0) is 23.1 Å². The molecule has 0 heterocycles. The van der Waals surface area contributed by atoms with Gasteiger partial charge in [0.1, 0.15) is 0 Å². The lowest BCUT2D eigenvalue weighted by Crippen LogP contribution is -2.39. The average molecular weight is 281 g/mol. The van der Waals surface area contributed by atoms with E-state index in [4.69, 9.17) is 0 Å². The van der Waals surface area contributed by atoms with Crippen molar-refractivity contribution < 1.29 is 5.11 Å². The number of hydrogen-bond acceptors (Lipinski definition) is 3. The molecule has 0 aromatic heterocycles. The topological polar surface area (TPSA) is 32.3 Å². The van der Waals surface area contributed by atoms with Crippen LogP contribution in [-0.4, -0.2) is 29.5 Å². The van der Waals surface area contributed by atoms with E-state index in [0.717, 1.165) is 5.75 Å². The molecule has 1 rings (SSSR count). The van der Waals surface area contributed by atoms with E-state index < -0.39 is 0 Å². The molecule has 1 aromatic carbocycles. The molecule has 0 spiro atoms. The summed E-state index contributed by atoms with van der Waals surface area (Å²) in [6, 6.07) is 9.32. The fourth-order valence-electron chi connectivity index (χ4n) is 1.87. The number of thioether (sulfide) groups is 1. The maximum absolute atomic E-state index is 9.33. The third kappa shape index (κ3) is 5.98. The summed E-state index contributed by atoms with van der Waals surface area (Å²) in [4.78, 5) is 1.26. The minimum Gasteiger partial charge on any atom is -0.395 e. The van der Waals surface area contributed by atoms with Gasteiger partial charge in [-0.15, -0.1) is 11.8 Å². The molecule has 0 bridgehead atoms. The van der Waals surface area contributed by atoms with Gasteiger partial charge >= 0.3 is 0 Å². The lowest BCUT2D eigenvalue weighted by atomic mass is 9.87. The van der Waals surface area contributed by atoms with E-state index in [-0.39, 0.29) is 18.1 Å². The van der Waals surface area contributed by atoms with Crippen molar-refractivity contribution in [1.29, 1.82) is 0 Å². The van der Waals surface area contributed by atoms with Crippen LogP contribution in [0.15, 0.2) is 29.2 Å². The van der Waals surface area contributed by atoms with Crippen LogP contribution in [0.2, 0.25) is 0 Å². The van der Waals surface area contributed by atoms with Crippen LogP contribution < -0.4 is 5.32 Å². The predicted octanol–water partition coefficient (Wildman–Crippen LogP) is 3.44. The molecular weight excluding hydrogens is 254 g/mol. The Morgan fingerprint density at radius 3 is 2.16 bits per heavy atom. The van der Waals surface area contributed by atoms with Crippen LogP contribution in [0.5, 0.6) is 0 Å². The van der Waals surface area contributed by atoms with Crippen molar-refractivity contribution >= 4 is 11.8 Å². The first-order valence-electron chi connectivity index (χ1n) is 6.93. The molecule has 1 aromatic rings. The van der Waals surface area contributed by atoms with Gasteiger partial charge in [0, 0.05) is 22.7 Å². The Bertz CT molecular complexity index is 367. The number of aliphatic hydroxyl groups excluding tert-OH is 1. The highest BCUT2D eigenvalue weighted by atomic mass is 32.2. The molecule has 2 nitrogen and oxygen atoms in total. The predicted molar refractivity (Wildman–Crippen MR) is 85.0 cm³/mol. The molecule has 1 unspecified atom stereocenters. The minimum absolute atomic E-state index is 0.160. The number of hydrogen-bond donors (Lipinski definition) is 2. The third-order valence-electron chi connectivity index (χ3n) is 2.96. The van der Waals surface area contributed by atoms with E-state index in [9.17, 15) is 5.11 Å². The molecule has 0 aliphatic rings. The maximum Gasteiger partial charge on any atom is 0.0592 e. The summed E-state index contributed by atoms with van der Waals surface area (Å²) in [5, 5.41) is 12.7. The van der Waals surface area contributed by atoms with Crippen LogP contribution in [-0.2, 0) is 5.41 Å². The van der Waals surface area contributed by atoms with E-state index in [1.54, 1.807) is 11.8 Å². The fourth-order valence-corrected chi connectivity index (χ4v) is 2.80. The quantitative estimate of drug-likeness (QED) is 0.784. The smallest absolute Gasteiger partial charge is 0.0592 e. The Morgan fingerprint density at radius 2 is 1.74 bits per heavy atom. The summed E-state index contributed by atoms with van der Waals surface area (Å²) < 4.78 is 0. The Balaban J connectivity index is 2.54. The van der Waals surface area contributed by atoms with Gasteiger partial charge in [-0.2, -0.15) is 0 Å². The Hall–Kier alpha value is -0.510. The van der Waals surface area contributed by atoms with Crippen molar-refractivity contribution in [3.8, 4) is 0 Å². The summed E-state index contributed by atoms with van der Waals surface area (Å²) in [6.07, 6.45) is 0. The van der Waals surface area contributed by atoms with Crippen LogP contribution in [0, 0.1) is 0 Å².